The Kier molecular flexibility index (Phi) is 4.22. The van der Waals surface area contributed by atoms with E-state index in [4.69, 9.17) is 5.11 Å². The van der Waals surface area contributed by atoms with E-state index in [1.54, 1.807) is 12.1 Å². The molecule has 0 saturated carbocycles. The first-order valence-electron chi connectivity index (χ1n) is 5.88. The zero-order chi connectivity index (χ0) is 15.4. The number of carboxylic acids is 1. The van der Waals surface area contributed by atoms with Gasteiger partial charge < -0.3 is 10.4 Å². The van der Waals surface area contributed by atoms with E-state index < -0.39 is 29.1 Å². The topological polar surface area (TPSA) is 79.3 Å². The fraction of sp³-hybridized carbons (Fsp3) is 0.0714. The maximum absolute atomic E-state index is 13.2. The van der Waals surface area contributed by atoms with Gasteiger partial charge in [0, 0.05) is 18.5 Å². The molecule has 0 fully saturated rings. The number of carboxylic acid groups (broad SMARTS) is 1. The number of hydrogen-bond donors (Lipinski definition) is 2. The third-order valence-corrected chi connectivity index (χ3v) is 2.68. The number of aromatic nitrogens is 1. The largest absolute Gasteiger partial charge is 0.478 e. The predicted octanol–water partition coefficient (Wildman–Crippen LogP) is 2.24. The van der Waals surface area contributed by atoms with E-state index in [1.165, 1.54) is 12.4 Å². The van der Waals surface area contributed by atoms with Crippen LogP contribution in [0.3, 0.4) is 0 Å². The van der Waals surface area contributed by atoms with Crippen LogP contribution in [0.4, 0.5) is 14.5 Å². The van der Waals surface area contributed by atoms with Crippen LogP contribution in [0, 0.1) is 11.6 Å². The molecule has 21 heavy (non-hydrogen) atoms. The van der Waals surface area contributed by atoms with E-state index in [2.05, 4.69) is 10.3 Å². The van der Waals surface area contributed by atoms with Crippen molar-refractivity contribution in [1.29, 1.82) is 0 Å². The summed E-state index contributed by atoms with van der Waals surface area (Å²) in [5, 5.41) is 11.2. The zero-order valence-electron chi connectivity index (χ0n) is 10.6. The van der Waals surface area contributed by atoms with Crippen molar-refractivity contribution >= 4 is 17.6 Å². The maximum Gasteiger partial charge on any atom is 0.337 e. The smallest absolute Gasteiger partial charge is 0.337 e. The van der Waals surface area contributed by atoms with Crippen molar-refractivity contribution in [1.82, 2.24) is 4.98 Å². The summed E-state index contributed by atoms with van der Waals surface area (Å²) in [6.07, 6.45) is 2.96. The van der Waals surface area contributed by atoms with E-state index in [0.717, 1.165) is 0 Å². The minimum atomic E-state index is -1.46. The van der Waals surface area contributed by atoms with E-state index >= 15 is 0 Å². The SMILES string of the molecule is O=C(Cc1ccncc1)Nc1cc(F)c(F)cc1C(=O)O. The monoisotopic (exact) mass is 292 g/mol. The first-order chi connectivity index (χ1) is 9.97. The van der Waals surface area contributed by atoms with Crippen LogP contribution in [0.2, 0.25) is 0 Å². The molecule has 0 atom stereocenters. The Morgan fingerprint density at radius 1 is 1.14 bits per heavy atom. The van der Waals surface area contributed by atoms with Crippen LogP contribution < -0.4 is 5.32 Å². The summed E-state index contributed by atoms with van der Waals surface area (Å²) in [7, 11) is 0. The minimum absolute atomic E-state index is 0.0411. The van der Waals surface area contributed by atoms with Gasteiger partial charge in [-0.2, -0.15) is 0 Å². The number of halogens is 2. The standard InChI is InChI=1S/C14H10F2N2O3/c15-10-6-9(14(20)21)12(7-11(10)16)18-13(19)5-8-1-3-17-4-2-8/h1-4,6-7H,5H2,(H,18,19)(H,20,21). The minimum Gasteiger partial charge on any atom is -0.478 e. The first kappa shape index (κ1) is 14.6. The molecular formula is C14H10F2N2O3. The van der Waals surface area contributed by atoms with Crippen LogP contribution in [0.15, 0.2) is 36.7 Å². The van der Waals surface area contributed by atoms with Crippen molar-refractivity contribution in [3.8, 4) is 0 Å². The average Bonchev–Trinajstić information content (AvgIpc) is 2.43. The fourth-order valence-electron chi connectivity index (χ4n) is 1.71. The van der Waals surface area contributed by atoms with Crippen molar-refractivity contribution in [3.05, 3.63) is 59.4 Å². The highest BCUT2D eigenvalue weighted by molar-refractivity contribution is 6.01. The molecule has 108 valence electrons. The lowest BCUT2D eigenvalue weighted by Crippen LogP contribution is -2.17. The molecule has 0 saturated heterocycles. The highest BCUT2D eigenvalue weighted by Gasteiger charge is 2.17. The number of rotatable bonds is 4. The lowest BCUT2D eigenvalue weighted by atomic mass is 10.1. The Labute approximate surface area is 118 Å². The van der Waals surface area contributed by atoms with Gasteiger partial charge in [0.2, 0.25) is 5.91 Å². The summed E-state index contributed by atoms with van der Waals surface area (Å²) in [6.45, 7) is 0. The van der Waals surface area contributed by atoms with Crippen molar-refractivity contribution in [2.45, 2.75) is 6.42 Å². The average molecular weight is 292 g/mol. The molecule has 1 heterocycles. The predicted molar refractivity (Wildman–Crippen MR) is 69.9 cm³/mol. The number of carbonyl (C=O) groups excluding carboxylic acids is 1. The number of nitrogens with zero attached hydrogens (tertiary/aromatic N) is 1. The Morgan fingerprint density at radius 2 is 1.76 bits per heavy atom. The molecule has 1 aromatic heterocycles. The van der Waals surface area contributed by atoms with Crippen LogP contribution in [-0.4, -0.2) is 22.0 Å². The van der Waals surface area contributed by atoms with Crippen molar-refractivity contribution < 1.29 is 23.5 Å². The number of pyridine rings is 1. The summed E-state index contributed by atoms with van der Waals surface area (Å²) in [5.41, 5.74) is -0.153. The van der Waals surface area contributed by atoms with Gasteiger partial charge in [0.05, 0.1) is 17.7 Å². The van der Waals surface area contributed by atoms with Gasteiger partial charge in [-0.1, -0.05) is 0 Å². The van der Waals surface area contributed by atoms with E-state index in [1.807, 2.05) is 0 Å². The van der Waals surface area contributed by atoms with Crippen LogP contribution >= 0.6 is 0 Å². The van der Waals surface area contributed by atoms with Gasteiger partial charge in [0.1, 0.15) is 0 Å². The lowest BCUT2D eigenvalue weighted by Gasteiger charge is -2.09. The quantitative estimate of drug-likeness (QED) is 0.905. The molecule has 7 heteroatoms. The number of anilines is 1. The molecule has 1 amide bonds. The molecule has 2 N–H and O–H groups in total. The van der Waals surface area contributed by atoms with Crippen molar-refractivity contribution in [3.63, 3.8) is 0 Å². The maximum atomic E-state index is 13.2. The Bertz CT molecular complexity index is 690. The van der Waals surface area contributed by atoms with Gasteiger partial charge in [-0.3, -0.25) is 9.78 Å². The molecule has 2 aromatic rings. The van der Waals surface area contributed by atoms with Gasteiger partial charge in [-0.15, -0.1) is 0 Å². The second-order valence-corrected chi connectivity index (χ2v) is 4.20. The summed E-state index contributed by atoms with van der Waals surface area (Å²) in [4.78, 5) is 26.6. The van der Waals surface area contributed by atoms with Gasteiger partial charge in [-0.05, 0) is 23.8 Å². The van der Waals surface area contributed by atoms with Crippen LogP contribution in [0.25, 0.3) is 0 Å². The molecule has 0 bridgehead atoms. The summed E-state index contributed by atoms with van der Waals surface area (Å²) in [6, 6.07) is 4.40. The number of carbonyl (C=O) groups is 2. The van der Waals surface area contributed by atoms with Gasteiger partial charge >= 0.3 is 5.97 Å². The van der Waals surface area contributed by atoms with Crippen molar-refractivity contribution in [2.75, 3.05) is 5.32 Å². The normalized spacial score (nSPS) is 10.2. The first-order valence-corrected chi connectivity index (χ1v) is 5.88. The number of aromatic carboxylic acids is 1. The third kappa shape index (κ3) is 3.59. The molecule has 0 aliphatic heterocycles. The highest BCUT2D eigenvalue weighted by atomic mass is 19.2. The number of nitrogens with one attached hydrogen (secondary N) is 1. The molecule has 0 unspecified atom stereocenters. The van der Waals surface area contributed by atoms with Gasteiger partial charge in [-0.25, -0.2) is 13.6 Å². The second-order valence-electron chi connectivity index (χ2n) is 4.20. The molecule has 0 radical (unpaired) electrons. The van der Waals surface area contributed by atoms with E-state index in [-0.39, 0.29) is 12.1 Å². The van der Waals surface area contributed by atoms with Gasteiger partial charge in [0.25, 0.3) is 0 Å². The van der Waals surface area contributed by atoms with Crippen molar-refractivity contribution in [2.24, 2.45) is 0 Å². The van der Waals surface area contributed by atoms with Crippen LogP contribution in [-0.2, 0) is 11.2 Å². The van der Waals surface area contributed by atoms with Crippen LogP contribution in [0.5, 0.6) is 0 Å². The van der Waals surface area contributed by atoms with E-state index in [9.17, 15) is 18.4 Å². The third-order valence-electron chi connectivity index (χ3n) is 2.68. The zero-order valence-corrected chi connectivity index (χ0v) is 10.6. The molecule has 1 aromatic carbocycles. The van der Waals surface area contributed by atoms with Crippen LogP contribution in [0.1, 0.15) is 15.9 Å². The summed E-state index contributed by atoms with van der Waals surface area (Å²) in [5.74, 6) is -4.54. The van der Waals surface area contributed by atoms with Gasteiger partial charge in [0.15, 0.2) is 11.6 Å². The molecule has 0 aliphatic carbocycles. The summed E-state index contributed by atoms with van der Waals surface area (Å²) < 4.78 is 26.2. The number of benzene rings is 1. The molecular weight excluding hydrogens is 282 g/mol. The Morgan fingerprint density at radius 3 is 2.38 bits per heavy atom. The highest BCUT2D eigenvalue weighted by Crippen LogP contribution is 2.20. The Hall–Kier alpha value is -2.83. The molecule has 5 nitrogen and oxygen atoms in total. The fourth-order valence-corrected chi connectivity index (χ4v) is 1.71. The summed E-state index contributed by atoms with van der Waals surface area (Å²) >= 11 is 0. The number of hydrogen-bond acceptors (Lipinski definition) is 3. The van der Waals surface area contributed by atoms with E-state index in [0.29, 0.717) is 17.7 Å². The second kappa shape index (κ2) is 6.08. The molecule has 0 spiro atoms. The molecule has 2 rings (SSSR count). The molecule has 0 aliphatic rings. The lowest BCUT2D eigenvalue weighted by molar-refractivity contribution is -0.115. The Balaban J connectivity index is 2.21. The number of amides is 1.